The van der Waals surface area contributed by atoms with Crippen LogP contribution in [0.2, 0.25) is 0 Å². The molecule has 11 heteroatoms. The minimum absolute atomic E-state index is 0.0325. The average Bonchev–Trinajstić information content (AvgIpc) is 2.91. The normalized spacial score (nSPS) is 12.7. The Balaban J connectivity index is 1.90. The van der Waals surface area contributed by atoms with Crippen molar-refractivity contribution in [1.82, 2.24) is 9.66 Å². The lowest BCUT2D eigenvalue weighted by Gasteiger charge is -2.18. The Morgan fingerprint density at radius 3 is 2.53 bits per heavy atom. The second kappa shape index (κ2) is 11.3. The number of rotatable bonds is 7. The Labute approximate surface area is 233 Å². The summed E-state index contributed by atoms with van der Waals surface area (Å²) in [5.41, 5.74) is -0.428. The van der Waals surface area contributed by atoms with E-state index < -0.39 is 17.3 Å². The number of nitrogens with zero attached hydrogens (tertiary/aromatic N) is 3. The molecule has 198 valence electrons. The molecule has 4 aromatic rings. The second-order valence-electron chi connectivity index (χ2n) is 8.35. The van der Waals surface area contributed by atoms with E-state index >= 15 is 0 Å². The van der Waals surface area contributed by atoms with Gasteiger partial charge in [-0.15, -0.1) is 0 Å². The van der Waals surface area contributed by atoms with E-state index in [-0.39, 0.29) is 22.9 Å². The van der Waals surface area contributed by atoms with Gasteiger partial charge < -0.3 is 9.47 Å². The summed E-state index contributed by atoms with van der Waals surface area (Å²) in [4.78, 5) is 17.9. The molecule has 0 aliphatic carbocycles. The lowest BCUT2D eigenvalue weighted by atomic mass is 10.1. The summed E-state index contributed by atoms with van der Waals surface area (Å²) in [6.45, 7) is 3.93. The van der Waals surface area contributed by atoms with Crippen molar-refractivity contribution in [1.29, 1.82) is 0 Å². The Morgan fingerprint density at radius 1 is 1.11 bits per heavy atom. The van der Waals surface area contributed by atoms with E-state index in [1.54, 1.807) is 30.3 Å². The Morgan fingerprint density at radius 2 is 1.84 bits per heavy atom. The maximum atomic E-state index is 13.4. The minimum Gasteiger partial charge on any atom is -0.493 e. The van der Waals surface area contributed by atoms with Crippen LogP contribution >= 0.6 is 31.9 Å². The van der Waals surface area contributed by atoms with Gasteiger partial charge in [-0.3, -0.25) is 4.79 Å². The van der Waals surface area contributed by atoms with Crippen molar-refractivity contribution in [2.45, 2.75) is 32.5 Å². The van der Waals surface area contributed by atoms with E-state index in [1.165, 1.54) is 25.5 Å². The quantitative estimate of drug-likeness (QED) is 0.192. The van der Waals surface area contributed by atoms with Gasteiger partial charge in [-0.05, 0) is 75.5 Å². The van der Waals surface area contributed by atoms with E-state index in [9.17, 15) is 18.0 Å². The molecule has 3 aromatic carbocycles. The number of fused-ring (bicyclic) bond motifs is 1. The average molecular weight is 653 g/mol. The molecule has 1 heterocycles. The van der Waals surface area contributed by atoms with Crippen molar-refractivity contribution < 1.29 is 22.6 Å². The van der Waals surface area contributed by atoms with Gasteiger partial charge in [0.1, 0.15) is 0 Å². The molecular weight excluding hydrogens is 631 g/mol. The van der Waals surface area contributed by atoms with Gasteiger partial charge in [-0.2, -0.15) is 22.9 Å². The highest BCUT2D eigenvalue weighted by Gasteiger charge is 2.31. The molecule has 0 saturated carbocycles. The zero-order chi connectivity index (χ0) is 27.6. The van der Waals surface area contributed by atoms with Gasteiger partial charge in [-0.25, -0.2) is 4.98 Å². The number of ether oxygens (including phenoxy) is 2. The number of alkyl halides is 3. The van der Waals surface area contributed by atoms with Gasteiger partial charge in [0.2, 0.25) is 0 Å². The Bertz CT molecular complexity index is 1590. The summed E-state index contributed by atoms with van der Waals surface area (Å²) in [5, 5.41) is 4.64. The zero-order valence-electron chi connectivity index (χ0n) is 20.5. The minimum atomic E-state index is -4.56. The van der Waals surface area contributed by atoms with Crippen LogP contribution in [-0.2, 0) is 6.18 Å². The molecule has 0 radical (unpaired) electrons. The molecule has 0 amide bonds. The number of aromatic nitrogens is 2. The monoisotopic (exact) mass is 651 g/mol. The third-order valence-electron chi connectivity index (χ3n) is 5.78. The molecule has 0 bridgehead atoms. The zero-order valence-corrected chi connectivity index (χ0v) is 23.7. The van der Waals surface area contributed by atoms with Gasteiger partial charge in [0.25, 0.3) is 5.56 Å². The SMILES string of the molecule is CC[C@H](C)Oc1c(OC)cc(C=Nn2c(-c3cccc(C(F)(F)F)c3)nc3ccccc3c2=O)c(Br)c1Br. The number of para-hydroxylation sites is 1. The number of benzene rings is 3. The summed E-state index contributed by atoms with van der Waals surface area (Å²) in [5.74, 6) is 0.902. The van der Waals surface area contributed by atoms with Gasteiger partial charge >= 0.3 is 6.18 Å². The highest BCUT2D eigenvalue weighted by Crippen LogP contribution is 2.43. The fourth-order valence-electron chi connectivity index (χ4n) is 3.62. The van der Waals surface area contributed by atoms with Crippen LogP contribution in [0.25, 0.3) is 22.3 Å². The van der Waals surface area contributed by atoms with Crippen LogP contribution in [0.5, 0.6) is 11.5 Å². The van der Waals surface area contributed by atoms with Crippen LogP contribution in [0.4, 0.5) is 13.2 Å². The predicted molar refractivity (Wildman–Crippen MR) is 148 cm³/mol. The highest BCUT2D eigenvalue weighted by atomic mass is 79.9. The molecule has 0 aliphatic heterocycles. The third kappa shape index (κ3) is 5.63. The number of methoxy groups -OCH3 is 1. The summed E-state index contributed by atoms with van der Waals surface area (Å²) in [7, 11) is 1.50. The van der Waals surface area contributed by atoms with Gasteiger partial charge in [0.15, 0.2) is 17.3 Å². The first-order valence-corrected chi connectivity index (χ1v) is 13.1. The fraction of sp³-hybridized carbons (Fsp3) is 0.222. The van der Waals surface area contributed by atoms with Crippen LogP contribution in [0.15, 0.2) is 73.4 Å². The first-order chi connectivity index (χ1) is 18.0. The summed E-state index contributed by atoms with van der Waals surface area (Å²) in [6.07, 6.45) is -2.44. The van der Waals surface area contributed by atoms with E-state index in [0.29, 0.717) is 31.5 Å². The Kier molecular flexibility index (Phi) is 8.27. The van der Waals surface area contributed by atoms with Crippen LogP contribution < -0.4 is 15.0 Å². The topological polar surface area (TPSA) is 65.7 Å². The number of hydrogen-bond acceptors (Lipinski definition) is 5. The molecule has 4 rings (SSSR count). The maximum absolute atomic E-state index is 13.4. The summed E-state index contributed by atoms with van der Waals surface area (Å²) >= 11 is 7.06. The molecule has 0 saturated heterocycles. The van der Waals surface area contributed by atoms with Gasteiger partial charge in [0, 0.05) is 15.6 Å². The molecule has 38 heavy (non-hydrogen) atoms. The van der Waals surface area contributed by atoms with Crippen LogP contribution in [0.3, 0.4) is 0 Å². The standard InChI is InChI=1S/C27H22Br2F3N3O3/c1-4-15(2)38-24-21(37-3)13-17(22(28)23(24)29)14-33-35-25(16-8-7-9-18(12-16)27(30,31)32)34-20-11-6-5-10-19(20)26(35)36/h5-15H,4H2,1-3H3/t15-/m0/s1. The van der Waals surface area contributed by atoms with E-state index in [1.807, 2.05) is 13.8 Å². The van der Waals surface area contributed by atoms with Crippen molar-refractivity contribution in [3.05, 3.63) is 85.0 Å². The first kappa shape index (κ1) is 27.8. The van der Waals surface area contributed by atoms with Crippen molar-refractivity contribution in [2.75, 3.05) is 7.11 Å². The van der Waals surface area contributed by atoms with Crippen LogP contribution in [0, 0.1) is 0 Å². The number of halogens is 5. The van der Waals surface area contributed by atoms with Gasteiger partial charge in [-0.1, -0.05) is 31.2 Å². The molecule has 0 unspecified atom stereocenters. The molecule has 1 atom stereocenters. The van der Waals surface area contributed by atoms with Crippen molar-refractivity contribution >= 4 is 49.0 Å². The van der Waals surface area contributed by atoms with Crippen LogP contribution in [-0.4, -0.2) is 29.1 Å². The maximum Gasteiger partial charge on any atom is 0.416 e. The third-order valence-corrected chi connectivity index (χ3v) is 7.93. The molecule has 6 nitrogen and oxygen atoms in total. The highest BCUT2D eigenvalue weighted by molar-refractivity contribution is 9.13. The lowest BCUT2D eigenvalue weighted by molar-refractivity contribution is -0.137. The molecule has 0 fully saturated rings. The molecule has 0 spiro atoms. The smallest absolute Gasteiger partial charge is 0.416 e. The lowest BCUT2D eigenvalue weighted by Crippen LogP contribution is -2.20. The van der Waals surface area contributed by atoms with Crippen molar-refractivity contribution in [3.8, 4) is 22.9 Å². The molecular formula is C27H22Br2F3N3O3. The number of hydrogen-bond donors (Lipinski definition) is 0. The van der Waals surface area contributed by atoms with E-state index in [4.69, 9.17) is 9.47 Å². The summed E-state index contributed by atoms with van der Waals surface area (Å²) < 4.78 is 53.9. The van der Waals surface area contributed by atoms with Crippen molar-refractivity contribution in [2.24, 2.45) is 5.10 Å². The second-order valence-corrected chi connectivity index (χ2v) is 9.94. The predicted octanol–water partition coefficient (Wildman–Crippen LogP) is 7.68. The molecule has 0 N–H and O–H groups in total. The van der Waals surface area contributed by atoms with Gasteiger partial charge in [0.05, 0.1) is 40.4 Å². The van der Waals surface area contributed by atoms with Crippen LogP contribution in [0.1, 0.15) is 31.4 Å². The molecule has 1 aromatic heterocycles. The fourth-order valence-corrected chi connectivity index (χ4v) is 4.53. The molecule has 0 aliphatic rings. The largest absolute Gasteiger partial charge is 0.493 e. The first-order valence-electron chi connectivity index (χ1n) is 11.5. The van der Waals surface area contributed by atoms with E-state index in [2.05, 4.69) is 41.9 Å². The summed E-state index contributed by atoms with van der Waals surface area (Å²) in [6, 6.07) is 12.9. The van der Waals surface area contributed by atoms with Crippen molar-refractivity contribution in [3.63, 3.8) is 0 Å². The van der Waals surface area contributed by atoms with E-state index in [0.717, 1.165) is 23.2 Å². The Hall–Kier alpha value is -3.18.